The van der Waals surface area contributed by atoms with Crippen LogP contribution >= 0.6 is 0 Å². The van der Waals surface area contributed by atoms with Gasteiger partial charge in [0.05, 0.1) is 35.2 Å². The highest BCUT2D eigenvalue weighted by molar-refractivity contribution is 7.91. The predicted octanol–water partition coefficient (Wildman–Crippen LogP) is 1.90. The molecule has 5 rings (SSSR count). The second kappa shape index (κ2) is 10.3. The lowest BCUT2D eigenvalue weighted by molar-refractivity contribution is -0.137. The summed E-state index contributed by atoms with van der Waals surface area (Å²) in [6.07, 6.45) is 1.02. The zero-order valence-corrected chi connectivity index (χ0v) is 21.2. The molecule has 2 aromatic rings. The van der Waals surface area contributed by atoms with E-state index in [0.29, 0.717) is 30.7 Å². The number of nitrogens with zero attached hydrogens (tertiary/aromatic N) is 4. The Hall–Kier alpha value is -2.51. The van der Waals surface area contributed by atoms with Crippen LogP contribution in [0, 0.1) is 0 Å². The van der Waals surface area contributed by atoms with Gasteiger partial charge in [-0.05, 0) is 43.9 Å². The molecule has 3 heterocycles. The fourth-order valence-corrected chi connectivity index (χ4v) is 6.83. The molecule has 1 saturated carbocycles. The standard InChI is InChI=1S/C24H31F3N6O3S/c25-24(26,27)16-1-6-21-20(11-16)23(30-15-29-21)28-12-22(34)31-17-13-33(14-17)19-4-2-18(3-5-19)32-7-9-37(35,36)10-8-32/h1,6,11,15,17-19H,2-5,7-10,12-14H2,(H,31,34)(H,28,29,30)/t18-,19-. The van der Waals surface area contributed by atoms with E-state index >= 15 is 0 Å². The molecule has 9 nitrogen and oxygen atoms in total. The van der Waals surface area contributed by atoms with Gasteiger partial charge in [-0.1, -0.05) is 0 Å². The van der Waals surface area contributed by atoms with E-state index in [1.54, 1.807) is 0 Å². The summed E-state index contributed by atoms with van der Waals surface area (Å²) in [5, 5.41) is 6.03. The molecule has 1 aromatic heterocycles. The predicted molar refractivity (Wildman–Crippen MR) is 133 cm³/mol. The molecule has 3 aliphatic rings. The number of carbonyl (C=O) groups is 1. The van der Waals surface area contributed by atoms with Crippen LogP contribution in [0.2, 0.25) is 0 Å². The minimum absolute atomic E-state index is 0.0401. The van der Waals surface area contributed by atoms with Gasteiger partial charge in [0.1, 0.15) is 12.1 Å². The van der Waals surface area contributed by atoms with Gasteiger partial charge in [-0.3, -0.25) is 14.6 Å². The topological polar surface area (TPSA) is 108 Å². The van der Waals surface area contributed by atoms with Crippen molar-refractivity contribution in [1.29, 1.82) is 0 Å². The molecule has 3 fully saturated rings. The van der Waals surface area contributed by atoms with Gasteiger partial charge < -0.3 is 10.6 Å². The summed E-state index contributed by atoms with van der Waals surface area (Å²) in [6, 6.07) is 4.23. The van der Waals surface area contributed by atoms with Crippen molar-refractivity contribution in [1.82, 2.24) is 25.1 Å². The summed E-state index contributed by atoms with van der Waals surface area (Å²) in [4.78, 5) is 25.2. The third-order valence-electron chi connectivity index (χ3n) is 7.73. The van der Waals surface area contributed by atoms with Crippen LogP contribution < -0.4 is 10.6 Å². The van der Waals surface area contributed by atoms with Crippen molar-refractivity contribution >= 4 is 32.5 Å². The first-order chi connectivity index (χ1) is 17.6. The van der Waals surface area contributed by atoms with Crippen molar-refractivity contribution < 1.29 is 26.4 Å². The number of rotatable bonds is 6. The number of anilines is 1. The first-order valence-electron chi connectivity index (χ1n) is 12.6. The number of aromatic nitrogens is 2. The minimum atomic E-state index is -4.48. The van der Waals surface area contributed by atoms with Crippen LogP contribution in [0.4, 0.5) is 19.0 Å². The Labute approximate surface area is 213 Å². The molecule has 202 valence electrons. The molecule has 1 aliphatic carbocycles. The van der Waals surface area contributed by atoms with Gasteiger partial charge in [0.15, 0.2) is 9.84 Å². The second-order valence-corrected chi connectivity index (χ2v) is 12.5. The van der Waals surface area contributed by atoms with Crippen LogP contribution in [-0.4, -0.2) is 96.4 Å². The SMILES string of the molecule is O=C(CNc1ncnc2ccc(C(F)(F)F)cc12)NC1CN([C@H]2CC[C@H](N3CCS(=O)(=O)CC3)CC2)C1. The summed E-state index contributed by atoms with van der Waals surface area (Å²) in [7, 11) is -2.86. The molecule has 0 bridgehead atoms. The van der Waals surface area contributed by atoms with Crippen LogP contribution in [0.5, 0.6) is 0 Å². The van der Waals surface area contributed by atoms with Crippen molar-refractivity contribution in [2.24, 2.45) is 0 Å². The maximum atomic E-state index is 13.1. The summed E-state index contributed by atoms with van der Waals surface area (Å²) < 4.78 is 62.6. The van der Waals surface area contributed by atoms with E-state index in [2.05, 4.69) is 30.4 Å². The molecular formula is C24H31F3N6O3S. The molecule has 2 N–H and O–H groups in total. The lowest BCUT2D eigenvalue weighted by Gasteiger charge is -2.48. The Balaban J connectivity index is 1.05. The average Bonchev–Trinajstić information content (AvgIpc) is 2.84. The Morgan fingerprint density at radius 3 is 2.30 bits per heavy atom. The number of carbonyl (C=O) groups excluding carboxylic acids is 1. The fourth-order valence-electron chi connectivity index (χ4n) is 5.60. The highest BCUT2D eigenvalue weighted by Crippen LogP contribution is 2.33. The molecule has 0 spiro atoms. The summed E-state index contributed by atoms with van der Waals surface area (Å²) in [5.41, 5.74) is -0.435. The van der Waals surface area contributed by atoms with E-state index in [1.807, 2.05) is 0 Å². The molecule has 1 amide bonds. The third kappa shape index (κ3) is 6.15. The van der Waals surface area contributed by atoms with E-state index in [0.717, 1.165) is 50.9 Å². The average molecular weight is 541 g/mol. The van der Waals surface area contributed by atoms with E-state index in [9.17, 15) is 26.4 Å². The van der Waals surface area contributed by atoms with Crippen molar-refractivity contribution in [3.63, 3.8) is 0 Å². The highest BCUT2D eigenvalue weighted by Gasteiger charge is 2.37. The molecule has 0 atom stereocenters. The lowest BCUT2D eigenvalue weighted by atomic mass is 9.87. The van der Waals surface area contributed by atoms with Crippen molar-refractivity contribution in [3.8, 4) is 0 Å². The Morgan fingerprint density at radius 2 is 1.65 bits per heavy atom. The Morgan fingerprint density at radius 1 is 1.00 bits per heavy atom. The molecular weight excluding hydrogens is 509 g/mol. The van der Waals surface area contributed by atoms with E-state index in [1.165, 1.54) is 12.4 Å². The highest BCUT2D eigenvalue weighted by atomic mass is 32.2. The number of hydrogen-bond acceptors (Lipinski definition) is 8. The largest absolute Gasteiger partial charge is 0.416 e. The monoisotopic (exact) mass is 540 g/mol. The van der Waals surface area contributed by atoms with Crippen molar-refractivity contribution in [3.05, 3.63) is 30.1 Å². The lowest BCUT2D eigenvalue weighted by Crippen LogP contribution is -2.63. The zero-order valence-electron chi connectivity index (χ0n) is 20.4. The van der Waals surface area contributed by atoms with Gasteiger partial charge in [0, 0.05) is 43.6 Å². The molecule has 13 heteroatoms. The van der Waals surface area contributed by atoms with Gasteiger partial charge in [-0.25, -0.2) is 18.4 Å². The molecule has 37 heavy (non-hydrogen) atoms. The van der Waals surface area contributed by atoms with Gasteiger partial charge >= 0.3 is 6.18 Å². The van der Waals surface area contributed by atoms with Crippen LogP contribution in [0.1, 0.15) is 31.2 Å². The quantitative estimate of drug-likeness (QED) is 0.572. The van der Waals surface area contributed by atoms with Gasteiger partial charge in [0.2, 0.25) is 5.91 Å². The minimum Gasteiger partial charge on any atom is -0.360 e. The van der Waals surface area contributed by atoms with Crippen LogP contribution in [-0.2, 0) is 20.8 Å². The smallest absolute Gasteiger partial charge is 0.360 e. The maximum absolute atomic E-state index is 13.1. The number of nitrogens with one attached hydrogen (secondary N) is 2. The second-order valence-electron chi connectivity index (χ2n) is 10.2. The van der Waals surface area contributed by atoms with Crippen molar-refractivity contribution in [2.45, 2.75) is 50.0 Å². The fraction of sp³-hybridized carbons (Fsp3) is 0.625. The Kier molecular flexibility index (Phi) is 7.29. The molecule has 0 radical (unpaired) electrons. The van der Waals surface area contributed by atoms with Crippen LogP contribution in [0.3, 0.4) is 0 Å². The number of halogens is 3. The molecule has 2 saturated heterocycles. The van der Waals surface area contributed by atoms with E-state index in [-0.39, 0.29) is 41.2 Å². The number of likely N-dealkylation sites (tertiary alicyclic amines) is 1. The van der Waals surface area contributed by atoms with E-state index < -0.39 is 21.6 Å². The van der Waals surface area contributed by atoms with Crippen molar-refractivity contribution in [2.75, 3.05) is 49.5 Å². The molecule has 0 unspecified atom stereocenters. The zero-order chi connectivity index (χ0) is 26.2. The first kappa shape index (κ1) is 26.1. The van der Waals surface area contributed by atoms with Gasteiger partial charge in [-0.2, -0.15) is 13.2 Å². The third-order valence-corrected chi connectivity index (χ3v) is 9.34. The summed E-state index contributed by atoms with van der Waals surface area (Å²) >= 11 is 0. The number of fused-ring (bicyclic) bond motifs is 1. The van der Waals surface area contributed by atoms with Gasteiger partial charge in [-0.15, -0.1) is 0 Å². The summed E-state index contributed by atoms with van der Waals surface area (Å²) in [6.45, 7) is 2.72. The number of benzene rings is 1. The molecule has 2 aliphatic heterocycles. The van der Waals surface area contributed by atoms with Gasteiger partial charge in [0.25, 0.3) is 0 Å². The Bertz CT molecular complexity index is 1230. The van der Waals surface area contributed by atoms with E-state index in [4.69, 9.17) is 0 Å². The first-order valence-corrected chi connectivity index (χ1v) is 14.4. The number of amides is 1. The normalized spacial score (nSPS) is 25.5. The van der Waals surface area contributed by atoms with Crippen LogP contribution in [0.15, 0.2) is 24.5 Å². The maximum Gasteiger partial charge on any atom is 0.416 e. The number of alkyl halides is 3. The number of sulfone groups is 1. The molecule has 1 aromatic carbocycles. The number of hydrogen-bond donors (Lipinski definition) is 2. The summed E-state index contributed by atoms with van der Waals surface area (Å²) in [5.74, 6) is 0.464. The van der Waals surface area contributed by atoms with Crippen LogP contribution in [0.25, 0.3) is 10.9 Å².